The molecule has 0 spiro atoms. The van der Waals surface area contributed by atoms with Crippen LogP contribution in [0, 0.1) is 0 Å². The zero-order valence-corrected chi connectivity index (χ0v) is 12.9. The van der Waals surface area contributed by atoms with Crippen LogP contribution in [0.25, 0.3) is 11.2 Å². The van der Waals surface area contributed by atoms with Crippen LogP contribution in [0.15, 0.2) is 12.7 Å². The van der Waals surface area contributed by atoms with E-state index >= 15 is 0 Å². The molecule has 8 nitrogen and oxygen atoms in total. The fourth-order valence-electron chi connectivity index (χ4n) is 3.28. The molecule has 0 aliphatic carbocycles. The normalized spacial score (nSPS) is 23.1. The van der Waals surface area contributed by atoms with Crippen LogP contribution in [0.4, 0.5) is 5.82 Å². The smallest absolute Gasteiger partial charge is 0.165 e. The monoisotopic (exact) mass is 303 g/mol. The molecule has 8 heteroatoms. The number of aryl methyl sites for hydroxylation is 1. The van der Waals surface area contributed by atoms with Crippen molar-refractivity contribution in [2.75, 3.05) is 24.5 Å². The standard InChI is InChI=1S/C14H20N6O2/c1-9-4-19(6-11(21)22)5-10(2)20(9)14-12-13(15-7-16-14)18(3)8-17-12/h7-10H,4-6H2,1-3H3,(H,21,22)/p-1. The molecule has 2 atom stereocenters. The lowest BCUT2D eigenvalue weighted by molar-refractivity contribution is -0.306. The maximum atomic E-state index is 10.8. The van der Waals surface area contributed by atoms with Crippen LogP contribution in [0.2, 0.25) is 0 Å². The molecular formula is C14H19N6O2-. The van der Waals surface area contributed by atoms with Crippen LogP contribution >= 0.6 is 0 Å². The molecule has 3 heterocycles. The maximum absolute atomic E-state index is 10.8. The average molecular weight is 303 g/mol. The van der Waals surface area contributed by atoms with Crippen molar-refractivity contribution in [3.05, 3.63) is 12.7 Å². The number of imidazole rings is 1. The number of fused-ring (bicyclic) bond motifs is 1. The molecule has 1 saturated heterocycles. The first-order valence-corrected chi connectivity index (χ1v) is 7.30. The molecule has 0 saturated carbocycles. The molecule has 118 valence electrons. The highest BCUT2D eigenvalue weighted by Gasteiger charge is 2.32. The van der Waals surface area contributed by atoms with Crippen molar-refractivity contribution in [3.8, 4) is 0 Å². The molecule has 22 heavy (non-hydrogen) atoms. The third kappa shape index (κ3) is 2.50. The molecule has 2 aromatic heterocycles. The van der Waals surface area contributed by atoms with Gasteiger partial charge < -0.3 is 19.4 Å². The molecule has 1 fully saturated rings. The Morgan fingerprint density at radius 2 is 1.95 bits per heavy atom. The summed E-state index contributed by atoms with van der Waals surface area (Å²) in [4.78, 5) is 28.0. The fourth-order valence-corrected chi connectivity index (χ4v) is 3.28. The lowest BCUT2D eigenvalue weighted by Gasteiger charge is -2.45. The van der Waals surface area contributed by atoms with Gasteiger partial charge in [-0.05, 0) is 13.8 Å². The second-order valence-electron chi connectivity index (χ2n) is 5.90. The van der Waals surface area contributed by atoms with Gasteiger partial charge in [-0.3, -0.25) is 4.90 Å². The van der Waals surface area contributed by atoms with E-state index in [9.17, 15) is 9.90 Å². The van der Waals surface area contributed by atoms with Gasteiger partial charge in [0.25, 0.3) is 0 Å². The number of piperazine rings is 1. The summed E-state index contributed by atoms with van der Waals surface area (Å²) >= 11 is 0. The summed E-state index contributed by atoms with van der Waals surface area (Å²) in [7, 11) is 1.90. The molecule has 0 amide bonds. The summed E-state index contributed by atoms with van der Waals surface area (Å²) < 4.78 is 1.86. The Balaban J connectivity index is 1.92. The minimum absolute atomic E-state index is 0.0364. The quantitative estimate of drug-likeness (QED) is 0.719. The number of aliphatic carboxylic acids is 1. The number of carbonyl (C=O) groups excluding carboxylic acids is 1. The summed E-state index contributed by atoms with van der Waals surface area (Å²) in [6, 6.07) is 0.256. The van der Waals surface area contributed by atoms with E-state index in [1.54, 1.807) is 12.7 Å². The van der Waals surface area contributed by atoms with Crippen molar-refractivity contribution in [3.63, 3.8) is 0 Å². The minimum Gasteiger partial charge on any atom is -0.549 e. The fraction of sp³-hybridized carbons (Fsp3) is 0.571. The Kier molecular flexibility index (Phi) is 3.69. The topological polar surface area (TPSA) is 90.2 Å². The molecular weight excluding hydrogens is 284 g/mol. The zero-order chi connectivity index (χ0) is 15.9. The predicted octanol–water partition coefficient (Wildman–Crippen LogP) is -0.988. The molecule has 0 radical (unpaired) electrons. The van der Waals surface area contributed by atoms with Crippen molar-refractivity contribution in [1.29, 1.82) is 0 Å². The molecule has 2 unspecified atom stereocenters. The number of anilines is 1. The summed E-state index contributed by atoms with van der Waals surface area (Å²) in [6.07, 6.45) is 3.27. The highest BCUT2D eigenvalue weighted by Crippen LogP contribution is 2.27. The van der Waals surface area contributed by atoms with Gasteiger partial charge in [-0.25, -0.2) is 15.0 Å². The lowest BCUT2D eigenvalue weighted by Crippen LogP contribution is -2.58. The van der Waals surface area contributed by atoms with Crippen LogP contribution in [-0.4, -0.2) is 62.1 Å². The number of carboxylic acids is 1. The van der Waals surface area contributed by atoms with Crippen LogP contribution in [-0.2, 0) is 11.8 Å². The molecule has 1 aliphatic heterocycles. The van der Waals surface area contributed by atoms with E-state index in [0.717, 1.165) is 17.0 Å². The van der Waals surface area contributed by atoms with Crippen LogP contribution in [0.5, 0.6) is 0 Å². The van der Waals surface area contributed by atoms with Gasteiger partial charge in [0.05, 0.1) is 12.3 Å². The van der Waals surface area contributed by atoms with Crippen molar-refractivity contribution in [2.24, 2.45) is 7.05 Å². The number of rotatable bonds is 3. The van der Waals surface area contributed by atoms with Crippen molar-refractivity contribution in [1.82, 2.24) is 24.4 Å². The van der Waals surface area contributed by atoms with Gasteiger partial charge in [-0.1, -0.05) is 0 Å². The first-order chi connectivity index (χ1) is 10.5. The van der Waals surface area contributed by atoms with Crippen molar-refractivity contribution < 1.29 is 9.90 Å². The van der Waals surface area contributed by atoms with E-state index in [1.807, 2.05) is 16.5 Å². The SMILES string of the molecule is CC1CN(CC(=O)[O-])CC(C)N1c1ncnc2c1ncn2C. The Hall–Kier alpha value is -2.22. The summed E-state index contributed by atoms with van der Waals surface area (Å²) in [5, 5.41) is 10.8. The van der Waals surface area contributed by atoms with E-state index in [0.29, 0.717) is 13.1 Å². The van der Waals surface area contributed by atoms with Gasteiger partial charge in [0.1, 0.15) is 6.33 Å². The van der Waals surface area contributed by atoms with Crippen LogP contribution in [0.1, 0.15) is 13.8 Å². The van der Waals surface area contributed by atoms with Gasteiger partial charge >= 0.3 is 0 Å². The number of aromatic nitrogens is 4. The second kappa shape index (κ2) is 5.53. The van der Waals surface area contributed by atoms with Crippen molar-refractivity contribution >= 4 is 23.0 Å². The van der Waals surface area contributed by atoms with Gasteiger partial charge in [0, 0.05) is 38.8 Å². The number of carboxylic acid groups (broad SMARTS) is 1. The molecule has 1 aliphatic rings. The average Bonchev–Trinajstić information content (AvgIpc) is 2.80. The number of carbonyl (C=O) groups is 1. The highest BCUT2D eigenvalue weighted by molar-refractivity contribution is 5.83. The molecule has 3 rings (SSSR count). The summed E-state index contributed by atoms with van der Waals surface area (Å²) in [6.45, 7) is 5.39. The Morgan fingerprint density at radius 1 is 1.27 bits per heavy atom. The third-order valence-electron chi connectivity index (χ3n) is 4.07. The van der Waals surface area contributed by atoms with Gasteiger partial charge in [-0.15, -0.1) is 0 Å². The second-order valence-corrected chi connectivity index (χ2v) is 5.90. The Morgan fingerprint density at radius 3 is 2.59 bits per heavy atom. The first-order valence-electron chi connectivity index (χ1n) is 7.30. The predicted molar refractivity (Wildman–Crippen MR) is 79.2 cm³/mol. The Labute approximate surface area is 128 Å². The van der Waals surface area contributed by atoms with Gasteiger partial charge in [0.2, 0.25) is 0 Å². The molecule has 2 aromatic rings. The molecule has 0 bridgehead atoms. The van der Waals surface area contributed by atoms with Crippen LogP contribution < -0.4 is 10.0 Å². The minimum atomic E-state index is -1.04. The zero-order valence-electron chi connectivity index (χ0n) is 12.9. The maximum Gasteiger partial charge on any atom is 0.165 e. The number of hydrogen-bond acceptors (Lipinski definition) is 7. The van der Waals surface area contributed by atoms with Crippen LogP contribution in [0.3, 0.4) is 0 Å². The van der Waals surface area contributed by atoms with E-state index < -0.39 is 5.97 Å². The van der Waals surface area contributed by atoms with E-state index in [4.69, 9.17) is 0 Å². The van der Waals surface area contributed by atoms with E-state index in [1.165, 1.54) is 0 Å². The Bertz CT molecular complexity index is 688. The molecule has 0 aromatic carbocycles. The first kappa shape index (κ1) is 14.7. The number of hydrogen-bond donors (Lipinski definition) is 0. The third-order valence-corrected chi connectivity index (χ3v) is 4.07. The number of nitrogens with zero attached hydrogens (tertiary/aromatic N) is 6. The highest BCUT2D eigenvalue weighted by atomic mass is 16.4. The largest absolute Gasteiger partial charge is 0.549 e. The summed E-state index contributed by atoms with van der Waals surface area (Å²) in [5.74, 6) is -0.235. The lowest BCUT2D eigenvalue weighted by atomic mass is 10.1. The molecule has 0 N–H and O–H groups in total. The van der Waals surface area contributed by atoms with Gasteiger partial charge in [-0.2, -0.15) is 0 Å². The van der Waals surface area contributed by atoms with Gasteiger partial charge in [0.15, 0.2) is 17.0 Å². The summed E-state index contributed by atoms with van der Waals surface area (Å²) in [5.41, 5.74) is 1.57. The van der Waals surface area contributed by atoms with E-state index in [2.05, 4.69) is 33.7 Å². The van der Waals surface area contributed by atoms with Crippen molar-refractivity contribution in [2.45, 2.75) is 25.9 Å². The van der Waals surface area contributed by atoms with E-state index in [-0.39, 0.29) is 18.6 Å².